The second-order valence-electron chi connectivity index (χ2n) is 4.85. The average Bonchev–Trinajstić information content (AvgIpc) is 3.13. The van der Waals surface area contributed by atoms with E-state index in [0.717, 1.165) is 15.8 Å². The number of rotatable bonds is 2. The summed E-state index contributed by atoms with van der Waals surface area (Å²) in [6.45, 7) is 0. The minimum atomic E-state index is -4.45. The molecular formula is C13H12F3N3O2S. The van der Waals surface area contributed by atoms with Gasteiger partial charge in [0.05, 0.1) is 19.3 Å². The highest BCUT2D eigenvalue weighted by atomic mass is 32.1. The summed E-state index contributed by atoms with van der Waals surface area (Å²) < 4.78 is 45.4. The number of alkyl halides is 3. The molecule has 118 valence electrons. The maximum atomic E-state index is 13.3. The van der Waals surface area contributed by atoms with Crippen molar-refractivity contribution >= 4 is 23.1 Å². The summed E-state index contributed by atoms with van der Waals surface area (Å²) in [4.78, 5) is 12.5. The molecule has 3 heterocycles. The summed E-state index contributed by atoms with van der Waals surface area (Å²) in [5, 5.41) is 8.50. The van der Waals surface area contributed by atoms with Crippen LogP contribution < -0.4 is 5.32 Å². The Morgan fingerprint density at radius 2 is 2.32 bits per heavy atom. The maximum Gasteiger partial charge on any atom is 0.410 e. The van der Waals surface area contributed by atoms with Crippen LogP contribution in [0.4, 0.5) is 19.0 Å². The number of aromatic nitrogens is 2. The van der Waals surface area contributed by atoms with Crippen molar-refractivity contribution in [3.63, 3.8) is 0 Å². The van der Waals surface area contributed by atoms with Crippen LogP contribution in [0.1, 0.15) is 33.7 Å². The van der Waals surface area contributed by atoms with Gasteiger partial charge in [0.15, 0.2) is 6.04 Å². The number of esters is 1. The molecule has 0 saturated carbocycles. The molecule has 1 N–H and O–H groups in total. The predicted octanol–water partition coefficient (Wildman–Crippen LogP) is 3.39. The first-order chi connectivity index (χ1) is 10.4. The van der Waals surface area contributed by atoms with Gasteiger partial charge in [0, 0.05) is 11.3 Å². The molecule has 0 bridgehead atoms. The van der Waals surface area contributed by atoms with Crippen molar-refractivity contribution < 1.29 is 22.7 Å². The summed E-state index contributed by atoms with van der Waals surface area (Å²) in [6, 6.07) is 1.23. The van der Waals surface area contributed by atoms with E-state index in [1.807, 2.05) is 0 Å². The standard InChI is InChI=1S/C13H12F3N3O2S/c1-21-12(20)7-6-17-19-10(13(14,15)16)5-8(18-11(7)19)9-3-2-4-22-9/h2-4,6,8,10,18H,5H2,1H3/t8-,10-/m0/s1. The van der Waals surface area contributed by atoms with Gasteiger partial charge in [-0.2, -0.15) is 18.3 Å². The maximum absolute atomic E-state index is 13.3. The van der Waals surface area contributed by atoms with Gasteiger partial charge in [0.2, 0.25) is 0 Å². The van der Waals surface area contributed by atoms with Gasteiger partial charge >= 0.3 is 12.1 Å². The molecule has 9 heteroatoms. The number of nitrogens with zero attached hydrogens (tertiary/aromatic N) is 2. The highest BCUT2D eigenvalue weighted by Crippen LogP contribution is 2.45. The minimum Gasteiger partial charge on any atom is -0.465 e. The third kappa shape index (κ3) is 2.45. The number of nitrogens with one attached hydrogen (secondary N) is 1. The lowest BCUT2D eigenvalue weighted by Crippen LogP contribution is -2.35. The summed E-state index contributed by atoms with van der Waals surface area (Å²) in [5.41, 5.74) is -0.00185. The quantitative estimate of drug-likeness (QED) is 0.857. The first-order valence-electron chi connectivity index (χ1n) is 6.44. The summed E-state index contributed by atoms with van der Waals surface area (Å²) in [5.74, 6) is -0.680. The number of carbonyl (C=O) groups excluding carboxylic acids is 1. The van der Waals surface area contributed by atoms with Gasteiger partial charge in [-0.25, -0.2) is 9.48 Å². The molecule has 0 aliphatic carbocycles. The largest absolute Gasteiger partial charge is 0.465 e. The van der Waals surface area contributed by atoms with Crippen molar-refractivity contribution in [2.75, 3.05) is 12.4 Å². The van der Waals surface area contributed by atoms with Crippen LogP contribution in [0, 0.1) is 0 Å². The number of hydrogen-bond acceptors (Lipinski definition) is 5. The Bertz CT molecular complexity index is 681. The highest BCUT2D eigenvalue weighted by Gasteiger charge is 2.47. The zero-order valence-electron chi connectivity index (χ0n) is 11.4. The third-order valence-corrected chi connectivity index (χ3v) is 4.52. The first kappa shape index (κ1) is 14.9. The van der Waals surface area contributed by atoms with Crippen LogP contribution in [0.25, 0.3) is 0 Å². The summed E-state index contributed by atoms with van der Waals surface area (Å²) >= 11 is 1.36. The molecule has 2 atom stereocenters. The summed E-state index contributed by atoms with van der Waals surface area (Å²) in [6.07, 6.45) is -3.53. The van der Waals surface area contributed by atoms with Gasteiger partial charge in [-0.05, 0) is 11.4 Å². The van der Waals surface area contributed by atoms with E-state index in [-0.39, 0.29) is 17.8 Å². The number of methoxy groups -OCH3 is 1. The van der Waals surface area contributed by atoms with Gasteiger partial charge in [0.25, 0.3) is 0 Å². The Balaban J connectivity index is 2.06. The van der Waals surface area contributed by atoms with Crippen molar-refractivity contribution in [1.29, 1.82) is 0 Å². The second kappa shape index (κ2) is 5.31. The van der Waals surface area contributed by atoms with Gasteiger partial charge in [0.1, 0.15) is 11.4 Å². The zero-order chi connectivity index (χ0) is 15.9. The normalized spacial score (nSPS) is 21.1. The molecule has 0 unspecified atom stereocenters. The zero-order valence-corrected chi connectivity index (χ0v) is 12.2. The van der Waals surface area contributed by atoms with E-state index in [9.17, 15) is 18.0 Å². The molecule has 5 nitrogen and oxygen atoms in total. The smallest absolute Gasteiger partial charge is 0.410 e. The van der Waals surface area contributed by atoms with Crippen molar-refractivity contribution in [2.45, 2.75) is 24.7 Å². The Kier molecular flexibility index (Phi) is 3.59. The van der Waals surface area contributed by atoms with Gasteiger partial charge in [-0.1, -0.05) is 6.07 Å². The van der Waals surface area contributed by atoms with E-state index in [4.69, 9.17) is 0 Å². The Hall–Kier alpha value is -2.03. The van der Waals surface area contributed by atoms with Crippen LogP contribution >= 0.6 is 11.3 Å². The molecule has 22 heavy (non-hydrogen) atoms. The molecule has 2 aromatic rings. The van der Waals surface area contributed by atoms with E-state index in [1.165, 1.54) is 18.4 Å². The lowest BCUT2D eigenvalue weighted by atomic mass is 10.0. The molecule has 0 fully saturated rings. The summed E-state index contributed by atoms with van der Waals surface area (Å²) in [7, 11) is 1.17. The molecule has 0 aromatic carbocycles. The van der Waals surface area contributed by atoms with Crippen molar-refractivity contribution in [3.05, 3.63) is 34.2 Å². The molecule has 0 radical (unpaired) electrons. The Morgan fingerprint density at radius 3 is 2.91 bits per heavy atom. The second-order valence-corrected chi connectivity index (χ2v) is 5.83. The third-order valence-electron chi connectivity index (χ3n) is 3.53. The molecule has 1 aliphatic rings. The molecule has 1 aliphatic heterocycles. The highest BCUT2D eigenvalue weighted by molar-refractivity contribution is 7.10. The van der Waals surface area contributed by atoms with Gasteiger partial charge in [-0.3, -0.25) is 0 Å². The van der Waals surface area contributed by atoms with Crippen molar-refractivity contribution in [1.82, 2.24) is 9.78 Å². The lowest BCUT2D eigenvalue weighted by Gasteiger charge is -2.33. The molecular weight excluding hydrogens is 319 g/mol. The number of fused-ring (bicyclic) bond motifs is 1. The van der Waals surface area contributed by atoms with E-state index in [1.54, 1.807) is 17.5 Å². The van der Waals surface area contributed by atoms with Crippen LogP contribution in [-0.4, -0.2) is 29.0 Å². The van der Waals surface area contributed by atoms with E-state index >= 15 is 0 Å². The van der Waals surface area contributed by atoms with Crippen LogP contribution in [0.2, 0.25) is 0 Å². The molecule has 3 rings (SSSR count). The SMILES string of the molecule is COC(=O)c1cnn2c1N[C@H](c1cccs1)C[C@H]2C(F)(F)F. The fraction of sp³-hybridized carbons (Fsp3) is 0.385. The number of halogens is 3. The molecule has 0 spiro atoms. The number of ether oxygens (including phenoxy) is 1. The Morgan fingerprint density at radius 1 is 1.55 bits per heavy atom. The number of anilines is 1. The van der Waals surface area contributed by atoms with Crippen LogP contribution in [0.15, 0.2) is 23.7 Å². The average molecular weight is 331 g/mol. The predicted molar refractivity (Wildman–Crippen MR) is 74.0 cm³/mol. The lowest BCUT2D eigenvalue weighted by molar-refractivity contribution is -0.173. The molecule has 2 aromatic heterocycles. The van der Waals surface area contributed by atoms with Crippen LogP contribution in [0.3, 0.4) is 0 Å². The van der Waals surface area contributed by atoms with Crippen molar-refractivity contribution in [2.24, 2.45) is 0 Å². The number of hydrogen-bond donors (Lipinski definition) is 1. The fourth-order valence-electron chi connectivity index (χ4n) is 2.50. The first-order valence-corrected chi connectivity index (χ1v) is 7.32. The van der Waals surface area contributed by atoms with E-state index in [2.05, 4.69) is 15.2 Å². The molecule has 0 saturated heterocycles. The van der Waals surface area contributed by atoms with E-state index in [0.29, 0.717) is 0 Å². The van der Waals surface area contributed by atoms with Crippen molar-refractivity contribution in [3.8, 4) is 0 Å². The topological polar surface area (TPSA) is 56.1 Å². The minimum absolute atomic E-state index is 0.00185. The van der Waals surface area contributed by atoms with Crippen LogP contribution in [-0.2, 0) is 4.74 Å². The number of carbonyl (C=O) groups is 1. The molecule has 0 amide bonds. The Labute approximate surface area is 127 Å². The van der Waals surface area contributed by atoms with Gasteiger partial charge in [-0.15, -0.1) is 11.3 Å². The fourth-order valence-corrected chi connectivity index (χ4v) is 3.29. The van der Waals surface area contributed by atoms with E-state index < -0.39 is 24.2 Å². The monoisotopic (exact) mass is 331 g/mol. The van der Waals surface area contributed by atoms with Gasteiger partial charge < -0.3 is 10.1 Å². The number of thiophene rings is 1. The van der Waals surface area contributed by atoms with Crippen LogP contribution in [0.5, 0.6) is 0 Å².